The van der Waals surface area contributed by atoms with Crippen LogP contribution in [-0.2, 0) is 19.6 Å². The summed E-state index contributed by atoms with van der Waals surface area (Å²) >= 11 is 1.26. The molecule has 0 aromatic heterocycles. The van der Waals surface area contributed by atoms with Gasteiger partial charge in [-0.25, -0.2) is 0 Å². The molecule has 0 saturated heterocycles. The van der Waals surface area contributed by atoms with Gasteiger partial charge in [0.1, 0.15) is 0 Å². The summed E-state index contributed by atoms with van der Waals surface area (Å²) < 4.78 is 4.05. The molecular weight excluding hydrogens is 564 g/mol. The first kappa shape index (κ1) is 27.9. The molecule has 4 heteroatoms. The molecule has 172 valence electrons. The molecule has 32 heavy (non-hydrogen) atoms. The van der Waals surface area contributed by atoms with Crippen LogP contribution in [0, 0.1) is 35.7 Å². The van der Waals surface area contributed by atoms with E-state index in [0.717, 1.165) is 35.3 Å². The second kappa shape index (κ2) is 16.5. The third-order valence-corrected chi connectivity index (χ3v) is 7.24. The maximum atomic E-state index is 8.16. The largest absolute Gasteiger partial charge is 0.184 e. The van der Waals surface area contributed by atoms with Gasteiger partial charge in [0.05, 0.1) is 0 Å². The van der Waals surface area contributed by atoms with Gasteiger partial charge in [-0.15, -0.1) is 5.69 Å². The van der Waals surface area contributed by atoms with E-state index in [1.165, 1.54) is 19.6 Å². The first-order chi connectivity index (χ1) is 15.4. The summed E-state index contributed by atoms with van der Waals surface area (Å²) in [6.07, 6.45) is 0. The smallest absolute Gasteiger partial charge is 0.171 e. The topological polar surface area (TPSA) is 46.7 Å². The van der Waals surface area contributed by atoms with E-state index in [9.17, 15) is 0 Å². The van der Waals surface area contributed by atoms with Gasteiger partial charge in [-0.1, -0.05) is 65.0 Å². The minimum atomic E-state index is 0.590. The first-order valence-corrected chi connectivity index (χ1v) is 12.4. The Morgan fingerprint density at radius 1 is 0.656 bits per heavy atom. The van der Waals surface area contributed by atoms with Crippen LogP contribution in [-0.4, -0.2) is 5.21 Å². The third kappa shape index (κ3) is 10.5. The fourth-order valence-corrected chi connectivity index (χ4v) is 4.16. The molecule has 1 fully saturated rings. The summed E-state index contributed by atoms with van der Waals surface area (Å²) in [4.78, 5) is 0. The van der Waals surface area contributed by atoms with Crippen LogP contribution in [0.1, 0.15) is 34.6 Å². The second-order valence-corrected chi connectivity index (χ2v) is 8.89. The fraction of sp³-hybridized carbons (Fsp3) is 0.357. The quantitative estimate of drug-likeness (QED) is 0.232. The van der Waals surface area contributed by atoms with Gasteiger partial charge < -0.3 is 10.7 Å². The normalized spacial score (nSPS) is 23.1. The number of hydrogen-bond donors (Lipinski definition) is 1. The molecule has 3 aromatic carbocycles. The molecule has 0 atom stereocenters. The SMILES string of the molecule is CC1C(C)C(C)C(C)C1C.O[N-]c1ccccc1.[W]=[N]c1ccccc1.[c-]1ccccc1. The molecule has 0 amide bonds. The summed E-state index contributed by atoms with van der Waals surface area (Å²) in [5, 5.41) is 8.16. The van der Waals surface area contributed by atoms with Crippen LogP contribution >= 0.6 is 0 Å². The Bertz CT molecular complexity index is 758. The number of para-hydroxylation sites is 1. The van der Waals surface area contributed by atoms with Gasteiger partial charge in [-0.2, -0.15) is 36.4 Å². The Morgan fingerprint density at radius 3 is 1.25 bits per heavy atom. The molecule has 1 N–H and O–H groups in total. The molecule has 0 aliphatic heterocycles. The van der Waals surface area contributed by atoms with Gasteiger partial charge in [0, 0.05) is 0 Å². The molecule has 0 spiro atoms. The van der Waals surface area contributed by atoms with E-state index in [2.05, 4.69) is 49.7 Å². The van der Waals surface area contributed by atoms with E-state index in [1.807, 2.05) is 78.9 Å². The standard InChI is InChI=1S/C10H20.C6H6NO.C6H5N.C6H5.W/c1-6-7(2)9(4)10(5)8(6)3;8-7-6-4-2-1-3-5-6;7-6-4-2-1-3-5-6;1-2-4-6-5-3-1;/h6-10H,1-5H3;1-5,8H;1-5H;1-5H;/q;-1;;-1;. The molecule has 1 saturated carbocycles. The molecule has 3 nitrogen and oxygen atoms in total. The van der Waals surface area contributed by atoms with Crippen molar-refractivity contribution in [3.05, 3.63) is 103 Å². The fourth-order valence-electron chi connectivity index (χ4n) is 3.72. The molecule has 1 aliphatic carbocycles. The van der Waals surface area contributed by atoms with Gasteiger partial charge in [-0.05, 0) is 29.6 Å². The molecule has 1 aliphatic rings. The molecule has 3 aromatic rings. The Balaban J connectivity index is 0.000000216. The van der Waals surface area contributed by atoms with Crippen LogP contribution in [0.15, 0.2) is 94.5 Å². The van der Waals surface area contributed by atoms with Crippen molar-refractivity contribution >= 4 is 11.4 Å². The van der Waals surface area contributed by atoms with Crippen LogP contribution in [0.25, 0.3) is 5.48 Å². The van der Waals surface area contributed by atoms with Gasteiger partial charge in [0.25, 0.3) is 0 Å². The summed E-state index contributed by atoms with van der Waals surface area (Å²) in [7, 11) is 0. The second-order valence-electron chi connectivity index (χ2n) is 8.24. The molecule has 0 bridgehead atoms. The Morgan fingerprint density at radius 2 is 1.03 bits per heavy atom. The van der Waals surface area contributed by atoms with E-state index in [4.69, 9.17) is 5.21 Å². The molecular formula is C28H36N2OW-2. The van der Waals surface area contributed by atoms with Gasteiger partial charge in [0.15, 0.2) is 0 Å². The van der Waals surface area contributed by atoms with Crippen molar-refractivity contribution in [2.45, 2.75) is 34.6 Å². The van der Waals surface area contributed by atoms with Crippen molar-refractivity contribution in [2.75, 3.05) is 0 Å². The zero-order chi connectivity index (χ0) is 23.8. The van der Waals surface area contributed by atoms with Crippen molar-refractivity contribution in [3.63, 3.8) is 0 Å². The molecule has 0 heterocycles. The average Bonchev–Trinajstić information content (AvgIpc) is 3.04. The van der Waals surface area contributed by atoms with E-state index in [1.54, 1.807) is 12.1 Å². The van der Waals surface area contributed by atoms with Crippen LogP contribution in [0.3, 0.4) is 0 Å². The maximum Gasteiger partial charge on any atom is -0.171 e. The number of rotatable bonds is 2. The van der Waals surface area contributed by atoms with Crippen LogP contribution in [0.5, 0.6) is 0 Å². The Hall–Kier alpha value is -2.09. The molecule has 4 rings (SSSR count). The third-order valence-electron chi connectivity index (χ3n) is 6.49. The van der Waals surface area contributed by atoms with E-state index < -0.39 is 0 Å². The Kier molecular flexibility index (Phi) is 14.4. The van der Waals surface area contributed by atoms with Gasteiger partial charge >= 0.3 is 59.1 Å². The first-order valence-electron chi connectivity index (χ1n) is 11.1. The van der Waals surface area contributed by atoms with Crippen molar-refractivity contribution in [1.82, 2.24) is 0 Å². The predicted molar refractivity (Wildman–Crippen MR) is 131 cm³/mol. The molecule has 0 radical (unpaired) electrons. The summed E-state index contributed by atoms with van der Waals surface area (Å²) in [6.45, 7) is 12.0. The van der Waals surface area contributed by atoms with Crippen LogP contribution in [0.2, 0.25) is 0 Å². The van der Waals surface area contributed by atoms with Gasteiger partial charge in [0.2, 0.25) is 0 Å². The van der Waals surface area contributed by atoms with E-state index >= 15 is 0 Å². The van der Waals surface area contributed by atoms with Crippen molar-refractivity contribution in [1.29, 1.82) is 0 Å². The average molecular weight is 600 g/mol. The summed E-state index contributed by atoms with van der Waals surface area (Å²) in [5.74, 6) is 4.68. The summed E-state index contributed by atoms with van der Waals surface area (Å²) in [5.41, 5.74) is 4.63. The zero-order valence-electron chi connectivity index (χ0n) is 19.8. The maximum absolute atomic E-state index is 8.16. The molecule has 0 unspecified atom stereocenters. The van der Waals surface area contributed by atoms with Gasteiger partial charge in [-0.3, -0.25) is 0 Å². The minimum Gasteiger partial charge on any atom is -0.184 e. The van der Waals surface area contributed by atoms with E-state index in [0.29, 0.717) is 5.69 Å². The number of benzene rings is 3. The zero-order valence-corrected chi connectivity index (χ0v) is 22.7. The van der Waals surface area contributed by atoms with E-state index in [-0.39, 0.29) is 0 Å². The van der Waals surface area contributed by atoms with Crippen LogP contribution < -0.4 is 0 Å². The summed E-state index contributed by atoms with van der Waals surface area (Å²) in [6, 6.07) is 31.4. The number of nitrogens with zero attached hydrogens (tertiary/aromatic N) is 2. The van der Waals surface area contributed by atoms with Crippen molar-refractivity contribution < 1.29 is 24.8 Å². The van der Waals surface area contributed by atoms with Crippen molar-refractivity contribution in [2.24, 2.45) is 33.1 Å². The monoisotopic (exact) mass is 600 g/mol. The Labute approximate surface area is 206 Å². The van der Waals surface area contributed by atoms with Crippen LogP contribution in [0.4, 0.5) is 11.4 Å². The minimum absolute atomic E-state index is 0.590. The number of hydrogen-bond acceptors (Lipinski definition) is 2. The van der Waals surface area contributed by atoms with Crippen molar-refractivity contribution in [3.8, 4) is 0 Å². The predicted octanol–water partition coefficient (Wildman–Crippen LogP) is 8.80.